The fourth-order valence-electron chi connectivity index (χ4n) is 2.19. The summed E-state index contributed by atoms with van der Waals surface area (Å²) in [6.45, 7) is 5.95. The third-order valence-electron chi connectivity index (χ3n) is 3.32. The highest BCUT2D eigenvalue weighted by molar-refractivity contribution is 14.0. The lowest BCUT2D eigenvalue weighted by atomic mass is 10.1. The van der Waals surface area contributed by atoms with Gasteiger partial charge in [0.05, 0.1) is 0 Å². The van der Waals surface area contributed by atoms with Crippen LogP contribution in [0.4, 0.5) is 4.39 Å². The van der Waals surface area contributed by atoms with E-state index in [9.17, 15) is 4.39 Å². The molecule has 0 aliphatic heterocycles. The van der Waals surface area contributed by atoms with E-state index in [0.717, 1.165) is 41.9 Å². The lowest BCUT2D eigenvalue weighted by Crippen LogP contribution is -2.39. The predicted octanol–water partition coefficient (Wildman–Crippen LogP) is 3.29. The zero-order valence-corrected chi connectivity index (χ0v) is 15.6. The zero-order valence-electron chi connectivity index (χ0n) is 13.2. The van der Waals surface area contributed by atoms with Gasteiger partial charge in [0.25, 0.3) is 0 Å². The van der Waals surface area contributed by atoms with Crippen molar-refractivity contribution in [3.05, 3.63) is 35.8 Å². The van der Waals surface area contributed by atoms with Gasteiger partial charge in [-0.3, -0.25) is 4.99 Å². The van der Waals surface area contributed by atoms with E-state index in [4.69, 9.17) is 0 Å². The average Bonchev–Trinajstić information content (AvgIpc) is 2.85. The maximum atomic E-state index is 13.3. The number of H-pyrrole nitrogens is 1. The van der Waals surface area contributed by atoms with E-state index in [2.05, 4.69) is 34.5 Å². The number of hydrogen-bond donors (Lipinski definition) is 3. The maximum Gasteiger partial charge on any atom is 0.190 e. The minimum absolute atomic E-state index is 0. The van der Waals surface area contributed by atoms with Gasteiger partial charge in [-0.25, -0.2) is 4.39 Å². The van der Waals surface area contributed by atoms with Crippen LogP contribution in [0.25, 0.3) is 10.9 Å². The van der Waals surface area contributed by atoms with Gasteiger partial charge in [0.2, 0.25) is 0 Å². The van der Waals surface area contributed by atoms with Gasteiger partial charge in [0.1, 0.15) is 5.82 Å². The molecule has 4 nitrogen and oxygen atoms in total. The first-order valence-electron chi connectivity index (χ1n) is 7.30. The number of aliphatic imine (C=N–C) groups is 1. The largest absolute Gasteiger partial charge is 0.361 e. The number of nitrogens with one attached hydrogen (secondary N) is 3. The van der Waals surface area contributed by atoms with Crippen molar-refractivity contribution in [1.29, 1.82) is 0 Å². The van der Waals surface area contributed by atoms with Crippen molar-refractivity contribution in [1.82, 2.24) is 15.6 Å². The van der Waals surface area contributed by atoms with E-state index in [1.807, 2.05) is 6.20 Å². The molecular formula is C16H24FIN4. The molecule has 2 aromatic rings. The van der Waals surface area contributed by atoms with Gasteiger partial charge < -0.3 is 15.6 Å². The van der Waals surface area contributed by atoms with Crippen molar-refractivity contribution in [2.24, 2.45) is 10.9 Å². The monoisotopic (exact) mass is 418 g/mol. The normalized spacial score (nSPS) is 11.6. The molecule has 0 atom stereocenters. The van der Waals surface area contributed by atoms with Gasteiger partial charge in [-0.15, -0.1) is 24.0 Å². The van der Waals surface area contributed by atoms with Crippen LogP contribution >= 0.6 is 24.0 Å². The summed E-state index contributed by atoms with van der Waals surface area (Å²) in [6, 6.07) is 4.82. The highest BCUT2D eigenvalue weighted by atomic mass is 127. The molecule has 0 radical (unpaired) electrons. The SMILES string of the molecule is CN=C(NCCc1c[nH]c2ccc(F)cc12)NCC(C)C.I. The molecule has 0 fully saturated rings. The number of aromatic amines is 1. The predicted molar refractivity (Wildman–Crippen MR) is 102 cm³/mol. The lowest BCUT2D eigenvalue weighted by Gasteiger charge is -2.13. The minimum Gasteiger partial charge on any atom is -0.361 e. The van der Waals surface area contributed by atoms with E-state index in [-0.39, 0.29) is 29.8 Å². The van der Waals surface area contributed by atoms with E-state index in [1.54, 1.807) is 19.2 Å². The van der Waals surface area contributed by atoms with Crippen LogP contribution in [0, 0.1) is 11.7 Å². The Bertz CT molecular complexity index is 622. The van der Waals surface area contributed by atoms with Gasteiger partial charge in [-0.1, -0.05) is 13.8 Å². The van der Waals surface area contributed by atoms with Gasteiger partial charge in [0.15, 0.2) is 5.96 Å². The van der Waals surface area contributed by atoms with Gasteiger partial charge in [-0.05, 0) is 36.1 Å². The van der Waals surface area contributed by atoms with Crippen LogP contribution in [0.5, 0.6) is 0 Å². The summed E-state index contributed by atoms with van der Waals surface area (Å²) >= 11 is 0. The van der Waals surface area contributed by atoms with Gasteiger partial charge in [-0.2, -0.15) is 0 Å². The molecule has 3 N–H and O–H groups in total. The van der Waals surface area contributed by atoms with E-state index < -0.39 is 0 Å². The fraction of sp³-hybridized carbons (Fsp3) is 0.438. The first-order valence-corrected chi connectivity index (χ1v) is 7.30. The molecule has 0 saturated carbocycles. The summed E-state index contributed by atoms with van der Waals surface area (Å²) < 4.78 is 13.3. The van der Waals surface area contributed by atoms with Crippen LogP contribution in [0.15, 0.2) is 29.4 Å². The number of benzene rings is 1. The molecule has 1 heterocycles. The Kier molecular flexibility index (Phi) is 7.64. The molecule has 0 spiro atoms. The molecule has 1 aromatic carbocycles. The van der Waals surface area contributed by atoms with Crippen molar-refractivity contribution in [2.75, 3.05) is 20.1 Å². The van der Waals surface area contributed by atoms with Crippen LogP contribution < -0.4 is 10.6 Å². The van der Waals surface area contributed by atoms with Crippen LogP contribution in [0.1, 0.15) is 19.4 Å². The second-order valence-corrected chi connectivity index (χ2v) is 5.53. The number of fused-ring (bicyclic) bond motifs is 1. The Labute approximate surface area is 148 Å². The second kappa shape index (κ2) is 8.97. The molecule has 0 aliphatic carbocycles. The quantitative estimate of drug-likeness (QED) is 0.397. The Morgan fingerprint density at radius 2 is 2.09 bits per heavy atom. The standard InChI is InChI=1S/C16H23FN4.HI/c1-11(2)9-21-16(18-3)19-7-6-12-10-20-15-5-4-13(17)8-14(12)15;/h4-5,8,10-11,20H,6-7,9H2,1-3H3,(H2,18,19,21);1H. The third kappa shape index (κ3) is 5.15. The average molecular weight is 418 g/mol. The third-order valence-corrected chi connectivity index (χ3v) is 3.32. The van der Waals surface area contributed by atoms with Gasteiger partial charge >= 0.3 is 0 Å². The molecule has 0 saturated heterocycles. The highest BCUT2D eigenvalue weighted by Crippen LogP contribution is 2.19. The highest BCUT2D eigenvalue weighted by Gasteiger charge is 2.05. The summed E-state index contributed by atoms with van der Waals surface area (Å²) in [4.78, 5) is 7.35. The van der Waals surface area contributed by atoms with Gasteiger partial charge in [0, 0.05) is 37.2 Å². The number of guanidine groups is 1. The van der Waals surface area contributed by atoms with E-state index in [0.29, 0.717) is 5.92 Å². The lowest BCUT2D eigenvalue weighted by molar-refractivity contribution is 0.614. The Hall–Kier alpha value is -1.31. The first kappa shape index (κ1) is 18.7. The Balaban J connectivity index is 0.00000242. The summed E-state index contributed by atoms with van der Waals surface area (Å²) in [6.07, 6.45) is 2.75. The van der Waals surface area contributed by atoms with Crippen LogP contribution in [-0.2, 0) is 6.42 Å². The molecule has 0 unspecified atom stereocenters. The van der Waals surface area contributed by atoms with Crippen molar-refractivity contribution in [3.8, 4) is 0 Å². The first-order chi connectivity index (χ1) is 10.1. The van der Waals surface area contributed by atoms with Crippen molar-refractivity contribution in [2.45, 2.75) is 20.3 Å². The smallest absolute Gasteiger partial charge is 0.190 e. The van der Waals surface area contributed by atoms with Crippen molar-refractivity contribution >= 4 is 40.8 Å². The fourth-order valence-corrected chi connectivity index (χ4v) is 2.19. The molecule has 0 amide bonds. The van der Waals surface area contributed by atoms with E-state index >= 15 is 0 Å². The maximum absolute atomic E-state index is 13.3. The molecule has 22 heavy (non-hydrogen) atoms. The Morgan fingerprint density at radius 1 is 1.32 bits per heavy atom. The number of hydrogen-bond acceptors (Lipinski definition) is 1. The molecule has 0 bridgehead atoms. The number of nitrogens with zero attached hydrogens (tertiary/aromatic N) is 1. The molecular weight excluding hydrogens is 394 g/mol. The number of rotatable bonds is 5. The summed E-state index contributed by atoms with van der Waals surface area (Å²) in [5, 5.41) is 7.49. The topological polar surface area (TPSA) is 52.2 Å². The Morgan fingerprint density at radius 3 is 2.77 bits per heavy atom. The summed E-state index contributed by atoms with van der Waals surface area (Å²) in [5.74, 6) is 1.17. The van der Waals surface area contributed by atoms with Crippen LogP contribution in [-0.4, -0.2) is 31.1 Å². The van der Waals surface area contributed by atoms with Crippen molar-refractivity contribution in [3.63, 3.8) is 0 Å². The molecule has 122 valence electrons. The zero-order chi connectivity index (χ0) is 15.2. The molecule has 1 aromatic heterocycles. The molecule has 6 heteroatoms. The number of halogens is 2. The van der Waals surface area contributed by atoms with Crippen LogP contribution in [0.2, 0.25) is 0 Å². The molecule has 0 aliphatic rings. The summed E-state index contributed by atoms with van der Waals surface area (Å²) in [5.41, 5.74) is 2.07. The van der Waals surface area contributed by atoms with Crippen LogP contribution in [0.3, 0.4) is 0 Å². The van der Waals surface area contributed by atoms with Crippen molar-refractivity contribution < 1.29 is 4.39 Å². The molecule has 2 rings (SSSR count). The summed E-state index contributed by atoms with van der Waals surface area (Å²) in [7, 11) is 1.76. The number of aromatic nitrogens is 1. The second-order valence-electron chi connectivity index (χ2n) is 5.53. The van der Waals surface area contributed by atoms with E-state index in [1.165, 1.54) is 6.07 Å². The minimum atomic E-state index is -0.203.